The number of nitrogens with two attached hydrogens (primary N) is 1. The topological polar surface area (TPSA) is 41.3 Å². The molecule has 3 nitrogen and oxygen atoms in total. The predicted octanol–water partition coefficient (Wildman–Crippen LogP) is 2.98. The minimum absolute atomic E-state index is 0.301. The van der Waals surface area contributed by atoms with E-state index in [4.69, 9.17) is 18.0 Å². The van der Waals surface area contributed by atoms with Crippen LogP contribution in [0.25, 0.3) is 11.1 Å². The first-order valence-corrected chi connectivity index (χ1v) is 6.95. The molecular formula is C16H17N3S. The van der Waals surface area contributed by atoms with Gasteiger partial charge in [0.2, 0.25) is 0 Å². The van der Waals surface area contributed by atoms with Crippen LogP contribution in [0.4, 0.5) is 11.4 Å². The Hall–Kier alpha value is -2.07. The maximum atomic E-state index is 5.52. The zero-order valence-corrected chi connectivity index (χ0v) is 12.4. The van der Waals surface area contributed by atoms with Gasteiger partial charge in [0.05, 0.1) is 0 Å². The van der Waals surface area contributed by atoms with Crippen molar-refractivity contribution in [2.75, 3.05) is 24.3 Å². The molecule has 1 aliphatic carbocycles. The van der Waals surface area contributed by atoms with Crippen LogP contribution < -0.4 is 16.0 Å². The van der Waals surface area contributed by atoms with Crippen molar-refractivity contribution < 1.29 is 0 Å². The summed E-state index contributed by atoms with van der Waals surface area (Å²) in [6.07, 6.45) is 0.964. The second kappa shape index (κ2) is 4.80. The first-order valence-electron chi connectivity index (χ1n) is 6.54. The Bertz CT molecular complexity index is 692. The fourth-order valence-electron chi connectivity index (χ4n) is 2.68. The number of anilines is 2. The second-order valence-corrected chi connectivity index (χ2v) is 5.71. The van der Waals surface area contributed by atoms with Crippen LogP contribution in [0.2, 0.25) is 0 Å². The van der Waals surface area contributed by atoms with Gasteiger partial charge >= 0.3 is 0 Å². The number of fused-ring (bicyclic) bond motifs is 3. The third kappa shape index (κ3) is 2.23. The predicted molar refractivity (Wildman–Crippen MR) is 89.4 cm³/mol. The van der Waals surface area contributed by atoms with E-state index >= 15 is 0 Å². The SMILES string of the molecule is CN(C)c1ccc2c(c1)-c1ccc(NC(N)=S)cc1C2. The number of hydrogen-bond acceptors (Lipinski definition) is 2. The zero-order valence-electron chi connectivity index (χ0n) is 11.6. The zero-order chi connectivity index (χ0) is 14.3. The lowest BCUT2D eigenvalue weighted by Gasteiger charge is -2.14. The van der Waals surface area contributed by atoms with Crippen molar-refractivity contribution in [2.24, 2.45) is 5.73 Å². The van der Waals surface area contributed by atoms with E-state index < -0.39 is 0 Å². The largest absolute Gasteiger partial charge is 0.378 e. The van der Waals surface area contributed by atoms with Gasteiger partial charge in [0.1, 0.15) is 0 Å². The van der Waals surface area contributed by atoms with Crippen LogP contribution in [0.3, 0.4) is 0 Å². The fourth-order valence-corrected chi connectivity index (χ4v) is 2.79. The van der Waals surface area contributed by atoms with Gasteiger partial charge in [0.15, 0.2) is 5.11 Å². The molecule has 2 aromatic carbocycles. The molecular weight excluding hydrogens is 266 g/mol. The Morgan fingerprint density at radius 3 is 2.60 bits per heavy atom. The minimum Gasteiger partial charge on any atom is -0.378 e. The van der Waals surface area contributed by atoms with Gasteiger partial charge < -0.3 is 16.0 Å². The van der Waals surface area contributed by atoms with E-state index in [1.165, 1.54) is 27.9 Å². The van der Waals surface area contributed by atoms with Gasteiger partial charge in [-0.3, -0.25) is 0 Å². The molecule has 1 aliphatic rings. The lowest BCUT2D eigenvalue weighted by Crippen LogP contribution is -2.18. The molecule has 4 heteroatoms. The van der Waals surface area contributed by atoms with E-state index in [1.807, 2.05) is 6.07 Å². The highest BCUT2D eigenvalue weighted by Gasteiger charge is 2.19. The van der Waals surface area contributed by atoms with E-state index in [1.54, 1.807) is 0 Å². The fraction of sp³-hybridized carbons (Fsp3) is 0.188. The van der Waals surface area contributed by atoms with Crippen molar-refractivity contribution in [1.29, 1.82) is 0 Å². The molecule has 0 spiro atoms. The molecule has 3 N–H and O–H groups in total. The summed E-state index contributed by atoms with van der Waals surface area (Å²) in [4.78, 5) is 2.13. The molecule has 0 amide bonds. The number of thiocarbonyl (C=S) groups is 1. The van der Waals surface area contributed by atoms with Gasteiger partial charge in [0.25, 0.3) is 0 Å². The Morgan fingerprint density at radius 1 is 1.10 bits per heavy atom. The molecule has 0 saturated heterocycles. The van der Waals surface area contributed by atoms with Crippen molar-refractivity contribution in [3.8, 4) is 11.1 Å². The van der Waals surface area contributed by atoms with Crippen LogP contribution in [-0.4, -0.2) is 19.2 Å². The Morgan fingerprint density at radius 2 is 1.90 bits per heavy atom. The van der Waals surface area contributed by atoms with Crippen molar-refractivity contribution >= 4 is 28.7 Å². The summed E-state index contributed by atoms with van der Waals surface area (Å²) in [6.45, 7) is 0. The molecule has 3 rings (SSSR count). The van der Waals surface area contributed by atoms with Gasteiger partial charge in [0, 0.05) is 25.5 Å². The number of rotatable bonds is 2. The van der Waals surface area contributed by atoms with Crippen molar-refractivity contribution in [2.45, 2.75) is 6.42 Å². The van der Waals surface area contributed by atoms with Gasteiger partial charge in [-0.1, -0.05) is 12.1 Å². The quantitative estimate of drug-likeness (QED) is 0.710. The normalized spacial score (nSPS) is 11.7. The molecule has 102 valence electrons. The van der Waals surface area contributed by atoms with Crippen molar-refractivity contribution in [1.82, 2.24) is 0 Å². The van der Waals surface area contributed by atoms with Crippen LogP contribution in [-0.2, 0) is 6.42 Å². The number of nitrogens with zero attached hydrogens (tertiary/aromatic N) is 1. The van der Waals surface area contributed by atoms with Crippen LogP contribution in [0.1, 0.15) is 11.1 Å². The smallest absolute Gasteiger partial charge is 0.168 e. The Labute approximate surface area is 124 Å². The highest BCUT2D eigenvalue weighted by Crippen LogP contribution is 2.39. The van der Waals surface area contributed by atoms with E-state index in [-0.39, 0.29) is 0 Å². The molecule has 0 saturated carbocycles. The number of benzene rings is 2. The van der Waals surface area contributed by atoms with E-state index in [0.29, 0.717) is 5.11 Å². The van der Waals surface area contributed by atoms with Crippen molar-refractivity contribution in [3.05, 3.63) is 47.5 Å². The van der Waals surface area contributed by atoms with Gasteiger partial charge in [-0.05, 0) is 65.2 Å². The van der Waals surface area contributed by atoms with Crippen LogP contribution in [0.5, 0.6) is 0 Å². The number of nitrogens with one attached hydrogen (secondary N) is 1. The first-order chi connectivity index (χ1) is 9.54. The number of hydrogen-bond donors (Lipinski definition) is 2. The Kier molecular flexibility index (Phi) is 3.10. The summed E-state index contributed by atoms with van der Waals surface area (Å²) < 4.78 is 0. The molecule has 0 bridgehead atoms. The maximum Gasteiger partial charge on any atom is 0.168 e. The van der Waals surface area contributed by atoms with E-state index in [9.17, 15) is 0 Å². The summed E-state index contributed by atoms with van der Waals surface area (Å²) in [5.74, 6) is 0. The molecule has 20 heavy (non-hydrogen) atoms. The van der Waals surface area contributed by atoms with Gasteiger partial charge in [-0.2, -0.15) is 0 Å². The average Bonchev–Trinajstić information content (AvgIpc) is 2.74. The summed E-state index contributed by atoms with van der Waals surface area (Å²) >= 11 is 4.88. The van der Waals surface area contributed by atoms with Crippen LogP contribution in [0.15, 0.2) is 36.4 Å². The minimum atomic E-state index is 0.301. The average molecular weight is 283 g/mol. The second-order valence-electron chi connectivity index (χ2n) is 5.27. The maximum absolute atomic E-state index is 5.52. The summed E-state index contributed by atoms with van der Waals surface area (Å²) in [6, 6.07) is 12.9. The monoisotopic (exact) mass is 283 g/mol. The molecule has 0 radical (unpaired) electrons. The third-order valence-electron chi connectivity index (χ3n) is 3.65. The lowest BCUT2D eigenvalue weighted by atomic mass is 10.0. The van der Waals surface area contributed by atoms with E-state index in [0.717, 1.165) is 12.1 Å². The molecule has 2 aromatic rings. The van der Waals surface area contributed by atoms with Crippen molar-refractivity contribution in [3.63, 3.8) is 0 Å². The van der Waals surface area contributed by atoms with E-state index in [2.05, 4.69) is 54.6 Å². The molecule has 0 aromatic heterocycles. The molecule has 0 aliphatic heterocycles. The molecule has 0 unspecified atom stereocenters. The Balaban J connectivity index is 2.02. The summed E-state index contributed by atoms with van der Waals surface area (Å²) in [5.41, 5.74) is 13.0. The van der Waals surface area contributed by atoms with Gasteiger partial charge in [-0.25, -0.2) is 0 Å². The molecule has 0 heterocycles. The highest BCUT2D eigenvalue weighted by atomic mass is 32.1. The first kappa shape index (κ1) is 12.9. The third-order valence-corrected chi connectivity index (χ3v) is 3.76. The van der Waals surface area contributed by atoms with Gasteiger partial charge in [-0.15, -0.1) is 0 Å². The molecule has 0 fully saturated rings. The highest BCUT2D eigenvalue weighted by molar-refractivity contribution is 7.80. The van der Waals surface area contributed by atoms with Crippen LogP contribution >= 0.6 is 12.2 Å². The lowest BCUT2D eigenvalue weighted by molar-refractivity contribution is 1.13. The molecule has 0 atom stereocenters. The summed E-state index contributed by atoms with van der Waals surface area (Å²) in [7, 11) is 4.12. The summed E-state index contributed by atoms with van der Waals surface area (Å²) in [5, 5.41) is 3.29. The van der Waals surface area contributed by atoms with Crippen LogP contribution in [0, 0.1) is 0 Å². The standard InChI is InChI=1S/C16H17N3S/c1-19(2)13-5-3-10-7-11-8-12(18-16(17)20)4-6-14(11)15(10)9-13/h3-6,8-9H,7H2,1-2H3,(H3,17,18,20).